The zero-order valence-corrected chi connectivity index (χ0v) is 15.1. The third kappa shape index (κ3) is 3.18. The highest BCUT2D eigenvalue weighted by Crippen LogP contribution is 2.23. The zero-order chi connectivity index (χ0) is 19.5. The Morgan fingerprint density at radius 1 is 1.07 bits per heavy atom. The summed E-state index contributed by atoms with van der Waals surface area (Å²) in [7, 11) is 1.59. The van der Waals surface area contributed by atoms with Crippen LogP contribution in [0, 0.1) is 5.82 Å². The monoisotopic (exact) mass is 376 g/mol. The summed E-state index contributed by atoms with van der Waals surface area (Å²) in [6, 6.07) is 17.2. The van der Waals surface area contributed by atoms with Gasteiger partial charge in [0.2, 0.25) is 0 Å². The van der Waals surface area contributed by atoms with Crippen molar-refractivity contribution in [1.82, 2.24) is 19.9 Å². The fourth-order valence-corrected chi connectivity index (χ4v) is 3.04. The molecule has 0 saturated heterocycles. The molecule has 28 heavy (non-hydrogen) atoms. The molecule has 0 spiro atoms. The number of nitrogens with zero attached hydrogens (tertiary/aromatic N) is 3. The van der Waals surface area contributed by atoms with Gasteiger partial charge >= 0.3 is 0 Å². The Hall–Kier alpha value is -3.74. The number of pyridine rings is 1. The number of para-hydroxylation sites is 1. The minimum absolute atomic E-state index is 0.302. The second-order valence-electron chi connectivity index (χ2n) is 6.11. The van der Waals surface area contributed by atoms with Gasteiger partial charge in [-0.3, -0.25) is 9.20 Å². The van der Waals surface area contributed by atoms with Crippen LogP contribution in [0.3, 0.4) is 0 Å². The highest BCUT2D eigenvalue weighted by Gasteiger charge is 2.17. The Bertz CT molecular complexity index is 1160. The topological polar surface area (TPSA) is 68.5 Å². The van der Waals surface area contributed by atoms with Crippen molar-refractivity contribution < 1.29 is 13.9 Å². The maximum atomic E-state index is 14.1. The maximum Gasteiger partial charge on any atom is 0.255 e. The molecule has 0 aliphatic carbocycles. The van der Waals surface area contributed by atoms with E-state index in [0.717, 1.165) is 5.56 Å². The van der Waals surface area contributed by atoms with E-state index in [2.05, 4.69) is 15.5 Å². The van der Waals surface area contributed by atoms with Crippen molar-refractivity contribution in [2.24, 2.45) is 0 Å². The van der Waals surface area contributed by atoms with Crippen LogP contribution in [0.25, 0.3) is 17.0 Å². The molecule has 0 saturated carbocycles. The second-order valence-corrected chi connectivity index (χ2v) is 6.11. The molecule has 0 bridgehead atoms. The van der Waals surface area contributed by atoms with Crippen molar-refractivity contribution in [3.05, 3.63) is 83.8 Å². The number of rotatable bonds is 5. The van der Waals surface area contributed by atoms with E-state index in [1.54, 1.807) is 48.0 Å². The predicted octanol–water partition coefficient (Wildman–Crippen LogP) is 3.47. The van der Waals surface area contributed by atoms with E-state index in [9.17, 15) is 9.18 Å². The van der Waals surface area contributed by atoms with Crippen LogP contribution in [0.2, 0.25) is 0 Å². The molecule has 1 amide bonds. The molecule has 7 heteroatoms. The van der Waals surface area contributed by atoms with E-state index >= 15 is 0 Å². The molecular weight excluding hydrogens is 359 g/mol. The van der Waals surface area contributed by atoms with Crippen LogP contribution in [-0.4, -0.2) is 27.6 Å². The number of carbonyl (C=O) groups excluding carboxylic acids is 1. The number of hydrogen-bond donors (Lipinski definition) is 1. The molecule has 0 fully saturated rings. The summed E-state index contributed by atoms with van der Waals surface area (Å²) in [5.74, 6) is 0.338. The van der Waals surface area contributed by atoms with Gasteiger partial charge in [0.25, 0.3) is 5.91 Å². The van der Waals surface area contributed by atoms with Crippen molar-refractivity contribution in [3.63, 3.8) is 0 Å². The normalized spacial score (nSPS) is 10.8. The van der Waals surface area contributed by atoms with Crippen LogP contribution < -0.4 is 10.1 Å². The minimum atomic E-state index is -0.400. The Morgan fingerprint density at radius 2 is 1.86 bits per heavy atom. The molecule has 0 aliphatic heterocycles. The molecule has 0 atom stereocenters. The van der Waals surface area contributed by atoms with Gasteiger partial charge in [-0.2, -0.15) is 0 Å². The van der Waals surface area contributed by atoms with Gasteiger partial charge in [-0.25, -0.2) is 4.39 Å². The van der Waals surface area contributed by atoms with Crippen LogP contribution >= 0.6 is 0 Å². The van der Waals surface area contributed by atoms with E-state index in [0.29, 0.717) is 34.9 Å². The first-order valence-electron chi connectivity index (χ1n) is 8.68. The summed E-state index contributed by atoms with van der Waals surface area (Å²) in [6.45, 7) is 0.304. The summed E-state index contributed by atoms with van der Waals surface area (Å²) in [5.41, 5.74) is 1.89. The van der Waals surface area contributed by atoms with Gasteiger partial charge in [-0.15, -0.1) is 10.2 Å². The van der Waals surface area contributed by atoms with E-state index in [1.807, 2.05) is 24.3 Å². The molecule has 4 aromatic rings. The number of nitrogens with one attached hydrogen (secondary N) is 1. The Kier molecular flexibility index (Phi) is 4.72. The number of benzene rings is 2. The molecule has 6 nitrogen and oxygen atoms in total. The van der Waals surface area contributed by atoms with Crippen molar-refractivity contribution in [1.29, 1.82) is 0 Å². The van der Waals surface area contributed by atoms with Gasteiger partial charge in [0, 0.05) is 18.3 Å². The molecule has 1 N–H and O–H groups in total. The number of fused-ring (bicyclic) bond motifs is 1. The molecule has 0 aliphatic rings. The highest BCUT2D eigenvalue weighted by molar-refractivity contribution is 6.00. The highest BCUT2D eigenvalue weighted by atomic mass is 19.1. The molecule has 4 rings (SSSR count). The van der Waals surface area contributed by atoms with Gasteiger partial charge in [0.1, 0.15) is 11.6 Å². The average molecular weight is 376 g/mol. The lowest BCUT2D eigenvalue weighted by molar-refractivity contribution is 0.0952. The summed E-state index contributed by atoms with van der Waals surface area (Å²) < 4.78 is 21.1. The number of aromatic nitrogens is 3. The van der Waals surface area contributed by atoms with Gasteiger partial charge in [-0.1, -0.05) is 30.3 Å². The Morgan fingerprint density at radius 3 is 2.68 bits per heavy atom. The van der Waals surface area contributed by atoms with Gasteiger partial charge < -0.3 is 10.1 Å². The van der Waals surface area contributed by atoms with Crippen LogP contribution in [0.15, 0.2) is 66.9 Å². The Labute approximate surface area is 160 Å². The summed E-state index contributed by atoms with van der Waals surface area (Å²) in [4.78, 5) is 12.7. The Balaban J connectivity index is 1.64. The molecule has 0 unspecified atom stereocenters. The van der Waals surface area contributed by atoms with Crippen molar-refractivity contribution in [2.75, 3.05) is 7.11 Å². The molecule has 2 aromatic heterocycles. The third-order valence-corrected chi connectivity index (χ3v) is 4.43. The first-order chi connectivity index (χ1) is 13.7. The van der Waals surface area contributed by atoms with Gasteiger partial charge in [-0.05, 0) is 30.3 Å². The summed E-state index contributed by atoms with van der Waals surface area (Å²) in [5, 5.41) is 11.1. The maximum absolute atomic E-state index is 14.1. The fourth-order valence-electron chi connectivity index (χ4n) is 3.04. The van der Waals surface area contributed by atoms with Gasteiger partial charge in [0.15, 0.2) is 11.5 Å². The lowest BCUT2D eigenvalue weighted by Gasteiger charge is -2.10. The van der Waals surface area contributed by atoms with E-state index in [4.69, 9.17) is 4.74 Å². The van der Waals surface area contributed by atoms with Crippen molar-refractivity contribution in [2.45, 2.75) is 6.54 Å². The van der Waals surface area contributed by atoms with E-state index < -0.39 is 5.82 Å². The van der Waals surface area contributed by atoms with Crippen molar-refractivity contribution >= 4 is 11.6 Å². The smallest absolute Gasteiger partial charge is 0.255 e. The quantitative estimate of drug-likeness (QED) is 0.579. The number of amides is 1. The molecule has 2 heterocycles. The predicted molar refractivity (Wildman–Crippen MR) is 103 cm³/mol. The largest absolute Gasteiger partial charge is 0.496 e. The van der Waals surface area contributed by atoms with Crippen LogP contribution in [0.4, 0.5) is 4.39 Å². The van der Waals surface area contributed by atoms with Crippen LogP contribution in [0.1, 0.15) is 15.9 Å². The van der Waals surface area contributed by atoms with Crippen molar-refractivity contribution in [3.8, 4) is 17.1 Å². The lowest BCUT2D eigenvalue weighted by atomic mass is 10.2. The van der Waals surface area contributed by atoms with E-state index in [-0.39, 0.29) is 5.91 Å². The van der Waals surface area contributed by atoms with Crippen LogP contribution in [0.5, 0.6) is 5.75 Å². The third-order valence-electron chi connectivity index (χ3n) is 4.43. The number of hydrogen-bond acceptors (Lipinski definition) is 4. The molecular formula is C21H17FN4O2. The second kappa shape index (κ2) is 7.48. The molecule has 2 aromatic carbocycles. The minimum Gasteiger partial charge on any atom is -0.496 e. The van der Waals surface area contributed by atoms with Gasteiger partial charge in [0.05, 0.1) is 18.2 Å². The number of ether oxygens (including phenoxy) is 1. The molecule has 0 radical (unpaired) electrons. The first-order valence-corrected chi connectivity index (χ1v) is 8.68. The number of halogens is 1. The first kappa shape index (κ1) is 17.7. The zero-order valence-electron chi connectivity index (χ0n) is 15.1. The standard InChI is InChI=1S/C21H17FN4O2/c1-28-18-11-5-2-7-14(18)13-23-21(27)16-9-6-12-26-19(24-25-20(16)26)15-8-3-4-10-17(15)22/h2-12H,13H2,1H3,(H,23,27). The number of methoxy groups -OCH3 is 1. The fraction of sp³-hybridized carbons (Fsp3) is 0.0952. The van der Waals surface area contributed by atoms with E-state index in [1.165, 1.54) is 6.07 Å². The average Bonchev–Trinajstić information content (AvgIpc) is 3.16. The summed E-state index contributed by atoms with van der Waals surface area (Å²) >= 11 is 0. The number of carbonyl (C=O) groups is 1. The van der Waals surface area contributed by atoms with Crippen LogP contribution in [-0.2, 0) is 6.54 Å². The lowest BCUT2D eigenvalue weighted by Crippen LogP contribution is -2.23. The SMILES string of the molecule is COc1ccccc1CNC(=O)c1cccn2c(-c3ccccc3F)nnc12. The summed E-state index contributed by atoms with van der Waals surface area (Å²) in [6.07, 6.45) is 1.70. The molecule has 140 valence electrons.